The largest absolute Gasteiger partial charge is 2.00 e. The molecule has 0 bridgehead atoms. The van der Waals surface area contributed by atoms with Crippen LogP contribution in [0.3, 0.4) is 0 Å². The van der Waals surface area contributed by atoms with Gasteiger partial charge in [-0.1, -0.05) is 0 Å². The van der Waals surface area contributed by atoms with Gasteiger partial charge in [0.05, 0.1) is 0 Å². The Morgan fingerprint density at radius 1 is 1.00 bits per heavy atom. The molecule has 7 heavy (non-hydrogen) atoms. The van der Waals surface area contributed by atoms with Crippen molar-refractivity contribution in [3.05, 3.63) is 0 Å². The zero-order valence-electron chi connectivity index (χ0n) is 3.49. The molecule has 0 heterocycles. The Balaban J connectivity index is -0.0000000400. The molecular weight excluding hydrogens is 151 g/mol. The van der Waals surface area contributed by atoms with E-state index in [-0.39, 0.29) is 19.5 Å². The average molecular weight is 151 g/mol. The second kappa shape index (κ2) is 38.3. The Morgan fingerprint density at radius 2 is 1.00 bits per heavy atom. The van der Waals surface area contributed by atoms with E-state index in [2.05, 4.69) is 0 Å². The second-order valence-electron chi connectivity index (χ2n) is 0.192. The molecule has 0 aliphatic heterocycles. The standard InChI is InChI=1S/2BO2.Zn/c2*2-1-3;/q2*-1;+2. The van der Waals surface area contributed by atoms with E-state index in [1.165, 1.54) is 0 Å². The van der Waals surface area contributed by atoms with E-state index < -0.39 is 14.7 Å². The predicted octanol–water partition coefficient (Wildman–Crippen LogP) is -3.38. The smallest absolute Gasteiger partial charge is 2.00 e. The summed E-state index contributed by atoms with van der Waals surface area (Å²) in [5.74, 6) is 0. The van der Waals surface area contributed by atoms with Crippen molar-refractivity contribution in [1.29, 1.82) is 0 Å². The van der Waals surface area contributed by atoms with E-state index in [1.54, 1.807) is 0 Å². The van der Waals surface area contributed by atoms with Crippen LogP contribution in [0.2, 0.25) is 0 Å². The topological polar surface area (TPSA) is 80.3 Å². The molecule has 0 amide bonds. The third-order valence-electron chi connectivity index (χ3n) is 0. The third kappa shape index (κ3) is 42600. The number of rotatable bonds is 0. The predicted molar refractivity (Wildman–Crippen MR) is 12.9 cm³/mol. The van der Waals surface area contributed by atoms with Gasteiger partial charge in [-0.15, -0.1) is 0 Å². The first-order valence-corrected chi connectivity index (χ1v) is 0.943. The zero-order valence-corrected chi connectivity index (χ0v) is 6.46. The van der Waals surface area contributed by atoms with Gasteiger partial charge in [-0.05, 0) is 0 Å². The van der Waals surface area contributed by atoms with Crippen LogP contribution >= 0.6 is 0 Å². The molecule has 0 aromatic rings. The molecule has 0 aromatic carbocycles. The molecule has 0 saturated heterocycles. The van der Waals surface area contributed by atoms with Crippen LogP contribution in [0.25, 0.3) is 0 Å². The van der Waals surface area contributed by atoms with Crippen molar-refractivity contribution >= 4 is 14.7 Å². The summed E-state index contributed by atoms with van der Waals surface area (Å²) >= 11 is 0. The normalized spacial score (nSPS) is 2.29. The van der Waals surface area contributed by atoms with E-state index in [0.29, 0.717) is 0 Å². The molecule has 7 heteroatoms. The van der Waals surface area contributed by atoms with Gasteiger partial charge in [0.2, 0.25) is 0 Å². The third-order valence-corrected chi connectivity index (χ3v) is 0. The van der Waals surface area contributed by atoms with Crippen LogP contribution in [-0.2, 0) is 28.9 Å². The van der Waals surface area contributed by atoms with Crippen LogP contribution in [0.4, 0.5) is 0 Å². The summed E-state index contributed by atoms with van der Waals surface area (Å²) in [7, 11) is -1.00. The second-order valence-corrected chi connectivity index (χ2v) is 0.192. The van der Waals surface area contributed by atoms with Gasteiger partial charge in [-0.3, -0.25) is 0 Å². The molecular formula is B2O4Zn. The van der Waals surface area contributed by atoms with Gasteiger partial charge in [0.15, 0.2) is 0 Å². The Labute approximate surface area is 54.3 Å². The summed E-state index contributed by atoms with van der Waals surface area (Å²) in [6.45, 7) is 0. The fourth-order valence-electron chi connectivity index (χ4n) is 0. The molecule has 0 saturated carbocycles. The van der Waals surface area contributed by atoms with Gasteiger partial charge in [0, 0.05) is 0 Å². The van der Waals surface area contributed by atoms with Gasteiger partial charge in [0.1, 0.15) is 0 Å². The molecule has 0 aliphatic rings. The molecule has 0 N–H and O–H groups in total. The SMILES string of the molecule is O=B[O-].O=B[O-].[Zn+2]. The first kappa shape index (κ1) is 15.8. The van der Waals surface area contributed by atoms with Crippen LogP contribution < -0.4 is 10.0 Å². The first-order valence-electron chi connectivity index (χ1n) is 0.943. The zero-order chi connectivity index (χ0) is 5.41. The summed E-state index contributed by atoms with van der Waals surface area (Å²) in [5.41, 5.74) is 0. The summed E-state index contributed by atoms with van der Waals surface area (Å²) in [4.78, 5) is 0. The van der Waals surface area contributed by atoms with Gasteiger partial charge in [0.25, 0.3) is 0 Å². The van der Waals surface area contributed by atoms with Crippen molar-refractivity contribution in [2.75, 3.05) is 0 Å². The Bertz CT molecular complexity index is 30.7. The van der Waals surface area contributed by atoms with Gasteiger partial charge in [-0.25, -0.2) is 0 Å². The monoisotopic (exact) mass is 150 g/mol. The minimum Gasteiger partial charge on any atom is 2.00 e. The van der Waals surface area contributed by atoms with Gasteiger partial charge >= 0.3 is 53.6 Å². The van der Waals surface area contributed by atoms with E-state index in [9.17, 15) is 0 Å². The van der Waals surface area contributed by atoms with E-state index in [4.69, 9.17) is 19.5 Å². The molecule has 0 aromatic heterocycles. The van der Waals surface area contributed by atoms with Crippen LogP contribution in [0.15, 0.2) is 0 Å². The van der Waals surface area contributed by atoms with Crippen molar-refractivity contribution in [3.63, 3.8) is 0 Å². The molecule has 0 unspecified atom stereocenters. The van der Waals surface area contributed by atoms with Crippen molar-refractivity contribution in [1.82, 2.24) is 0 Å². The Morgan fingerprint density at radius 3 is 1.00 bits per heavy atom. The van der Waals surface area contributed by atoms with E-state index in [1.807, 2.05) is 0 Å². The maximum atomic E-state index is 8.25. The van der Waals surface area contributed by atoms with Crippen molar-refractivity contribution < 1.29 is 38.9 Å². The van der Waals surface area contributed by atoms with Crippen molar-refractivity contribution in [3.8, 4) is 0 Å². The van der Waals surface area contributed by atoms with Gasteiger partial charge in [-0.2, -0.15) is 0 Å². The maximum Gasteiger partial charge on any atom is 2.00 e. The fraction of sp³-hybridized carbons (Fsp3) is 0. The first-order chi connectivity index (χ1) is 2.83. The van der Waals surface area contributed by atoms with Crippen LogP contribution in [-0.4, -0.2) is 14.7 Å². The molecule has 4 nitrogen and oxygen atoms in total. The Hall–Kier alpha value is -0.0468. The van der Waals surface area contributed by atoms with Crippen molar-refractivity contribution in [2.24, 2.45) is 0 Å². The van der Waals surface area contributed by atoms with Crippen LogP contribution in [0.1, 0.15) is 0 Å². The molecule has 0 atom stereocenters. The van der Waals surface area contributed by atoms with Gasteiger partial charge < -0.3 is 0 Å². The molecule has 0 aliphatic carbocycles. The van der Waals surface area contributed by atoms with Crippen LogP contribution in [0.5, 0.6) is 0 Å². The Kier molecular flexibility index (Phi) is 86.2. The summed E-state index contributed by atoms with van der Waals surface area (Å²) in [6, 6.07) is 0. The molecule has 0 spiro atoms. The molecule has 0 fully saturated rings. The van der Waals surface area contributed by atoms with E-state index >= 15 is 0 Å². The van der Waals surface area contributed by atoms with Crippen molar-refractivity contribution in [2.45, 2.75) is 0 Å². The molecule has 32 valence electrons. The van der Waals surface area contributed by atoms with Crippen LogP contribution in [0, 0.1) is 0 Å². The quantitative estimate of drug-likeness (QED) is 0.338. The average Bonchev–Trinajstić information content (AvgIpc) is 1.39. The minimum atomic E-state index is -0.500. The fourth-order valence-corrected chi connectivity index (χ4v) is 0. The molecule has 0 radical (unpaired) electrons. The molecule has 0 rings (SSSR count). The minimum absolute atomic E-state index is 0. The summed E-state index contributed by atoms with van der Waals surface area (Å²) < 4.78 is 16.5. The number of hydrogen-bond acceptors (Lipinski definition) is 4. The summed E-state index contributed by atoms with van der Waals surface area (Å²) in [6.07, 6.45) is 0. The summed E-state index contributed by atoms with van der Waals surface area (Å²) in [5, 5.41) is 16.5. The van der Waals surface area contributed by atoms with E-state index in [0.717, 1.165) is 0 Å². The maximum absolute atomic E-state index is 8.25. The number of hydrogen-bond donors (Lipinski definition) is 0.